The monoisotopic (exact) mass is 291 g/mol. The molecule has 1 saturated carbocycles. The first-order valence-electron chi connectivity index (χ1n) is 7.21. The summed E-state index contributed by atoms with van der Waals surface area (Å²) in [6.45, 7) is 4.04. The summed E-state index contributed by atoms with van der Waals surface area (Å²) in [6, 6.07) is 0.351. The molecule has 2 rings (SSSR count). The number of hydrogen-bond donors (Lipinski definition) is 0. The summed E-state index contributed by atoms with van der Waals surface area (Å²) in [4.78, 5) is 28.6. The van der Waals surface area contributed by atoms with E-state index in [2.05, 4.69) is 9.88 Å². The normalized spacial score (nSPS) is 16.5. The van der Waals surface area contributed by atoms with Gasteiger partial charge in [0.15, 0.2) is 0 Å². The van der Waals surface area contributed by atoms with Gasteiger partial charge in [-0.05, 0) is 33.7 Å². The molecule has 1 aliphatic carbocycles. The molecule has 0 atom stereocenters. The molecule has 1 aromatic heterocycles. The van der Waals surface area contributed by atoms with Crippen molar-refractivity contribution in [1.82, 2.24) is 9.88 Å². The Labute approximate surface area is 124 Å². The van der Waals surface area contributed by atoms with Gasteiger partial charge in [0.2, 0.25) is 0 Å². The number of ketones is 1. The van der Waals surface area contributed by atoms with Gasteiger partial charge in [0.1, 0.15) is 5.78 Å². The summed E-state index contributed by atoms with van der Waals surface area (Å²) < 4.78 is 0. The number of nitrogens with zero attached hydrogens (tertiary/aromatic N) is 3. The van der Waals surface area contributed by atoms with Crippen LogP contribution in [0.1, 0.15) is 42.5 Å². The standard InChI is InChI=1S/C15H21N3O3/c1-10-8-16-14(11(2)15(10)18(20)21)9-17(3)12-4-6-13(19)7-5-12/h8,12H,4-7,9H2,1-3H3. The van der Waals surface area contributed by atoms with Crippen molar-refractivity contribution in [3.8, 4) is 0 Å². The van der Waals surface area contributed by atoms with Crippen LogP contribution < -0.4 is 0 Å². The van der Waals surface area contributed by atoms with Gasteiger partial charge in [-0.25, -0.2) is 0 Å². The molecule has 0 radical (unpaired) electrons. The molecule has 6 nitrogen and oxygen atoms in total. The summed E-state index contributed by atoms with van der Waals surface area (Å²) in [5.41, 5.74) is 2.13. The highest BCUT2D eigenvalue weighted by atomic mass is 16.6. The maximum Gasteiger partial charge on any atom is 0.278 e. The molecule has 0 unspecified atom stereocenters. The number of hydrogen-bond acceptors (Lipinski definition) is 5. The van der Waals surface area contributed by atoms with E-state index in [0.717, 1.165) is 18.5 Å². The molecule has 1 aliphatic rings. The van der Waals surface area contributed by atoms with Crippen molar-refractivity contribution in [2.75, 3.05) is 7.05 Å². The van der Waals surface area contributed by atoms with Gasteiger partial charge >= 0.3 is 0 Å². The predicted octanol–water partition coefficient (Wildman–Crippen LogP) is 2.55. The molecule has 0 N–H and O–H groups in total. The van der Waals surface area contributed by atoms with Gasteiger partial charge in [-0.15, -0.1) is 0 Å². The van der Waals surface area contributed by atoms with Crippen molar-refractivity contribution in [2.24, 2.45) is 0 Å². The van der Waals surface area contributed by atoms with Gasteiger partial charge in [0, 0.05) is 42.8 Å². The van der Waals surface area contributed by atoms with Gasteiger partial charge in [-0.3, -0.25) is 24.8 Å². The first-order chi connectivity index (χ1) is 9.90. The van der Waals surface area contributed by atoms with Crippen molar-refractivity contribution in [3.63, 3.8) is 0 Å². The highest BCUT2D eigenvalue weighted by molar-refractivity contribution is 5.79. The molecule has 21 heavy (non-hydrogen) atoms. The fraction of sp³-hybridized carbons (Fsp3) is 0.600. The van der Waals surface area contributed by atoms with Crippen LogP contribution in [0.4, 0.5) is 5.69 Å². The summed E-state index contributed by atoms with van der Waals surface area (Å²) in [7, 11) is 1.99. The van der Waals surface area contributed by atoms with Gasteiger partial charge in [-0.1, -0.05) is 0 Å². The van der Waals surface area contributed by atoms with Crippen molar-refractivity contribution in [2.45, 2.75) is 52.1 Å². The maximum atomic E-state index is 11.3. The van der Waals surface area contributed by atoms with Crippen molar-refractivity contribution >= 4 is 11.5 Å². The number of Topliss-reactive ketones (excluding diaryl/α,β-unsaturated/α-hetero) is 1. The molecule has 0 amide bonds. The number of carbonyl (C=O) groups is 1. The molecule has 114 valence electrons. The van der Waals surface area contributed by atoms with Crippen LogP contribution >= 0.6 is 0 Å². The van der Waals surface area contributed by atoms with Crippen LogP contribution in [0.25, 0.3) is 0 Å². The second-order valence-electron chi connectivity index (χ2n) is 5.80. The predicted molar refractivity (Wildman–Crippen MR) is 79.1 cm³/mol. The fourth-order valence-corrected chi connectivity index (χ4v) is 2.94. The minimum Gasteiger partial charge on any atom is -0.300 e. The Kier molecular flexibility index (Phi) is 4.67. The molecule has 0 spiro atoms. The third-order valence-corrected chi connectivity index (χ3v) is 4.29. The lowest BCUT2D eigenvalue weighted by Crippen LogP contribution is -2.35. The van der Waals surface area contributed by atoms with Gasteiger partial charge in [0.25, 0.3) is 5.69 Å². The molecule has 1 aromatic rings. The average molecular weight is 291 g/mol. The van der Waals surface area contributed by atoms with Gasteiger partial charge in [0.05, 0.1) is 10.6 Å². The van der Waals surface area contributed by atoms with E-state index in [9.17, 15) is 14.9 Å². The lowest BCUT2D eigenvalue weighted by atomic mass is 9.93. The quantitative estimate of drug-likeness (QED) is 0.629. The topological polar surface area (TPSA) is 76.3 Å². The van der Waals surface area contributed by atoms with Crippen LogP contribution in [0.2, 0.25) is 0 Å². The third-order valence-electron chi connectivity index (χ3n) is 4.29. The van der Waals surface area contributed by atoms with E-state index in [1.54, 1.807) is 20.0 Å². The Balaban J connectivity index is 2.14. The highest BCUT2D eigenvalue weighted by Gasteiger charge is 2.24. The zero-order valence-electron chi connectivity index (χ0n) is 12.8. The summed E-state index contributed by atoms with van der Waals surface area (Å²) in [6.07, 6.45) is 4.56. The van der Waals surface area contributed by atoms with Crippen LogP contribution in [0, 0.1) is 24.0 Å². The minimum absolute atomic E-state index is 0.159. The van der Waals surface area contributed by atoms with E-state index in [1.165, 1.54) is 0 Å². The lowest BCUT2D eigenvalue weighted by molar-refractivity contribution is -0.386. The zero-order valence-corrected chi connectivity index (χ0v) is 12.8. The Hall–Kier alpha value is -1.82. The first kappa shape index (κ1) is 15.6. The average Bonchev–Trinajstić information content (AvgIpc) is 2.42. The lowest BCUT2D eigenvalue weighted by Gasteiger charge is -2.30. The molecule has 0 aromatic carbocycles. The van der Waals surface area contributed by atoms with E-state index < -0.39 is 0 Å². The number of aryl methyl sites for hydroxylation is 1. The number of rotatable bonds is 4. The summed E-state index contributed by atoms with van der Waals surface area (Å²) in [5.74, 6) is 0.333. The van der Waals surface area contributed by atoms with E-state index in [0.29, 0.717) is 42.3 Å². The zero-order chi connectivity index (χ0) is 15.6. The second-order valence-corrected chi connectivity index (χ2v) is 5.80. The maximum absolute atomic E-state index is 11.3. The second kappa shape index (κ2) is 6.30. The van der Waals surface area contributed by atoms with Crippen molar-refractivity contribution < 1.29 is 9.72 Å². The number of nitro groups is 1. The molecule has 6 heteroatoms. The summed E-state index contributed by atoms with van der Waals surface area (Å²) in [5, 5.41) is 11.1. The third kappa shape index (κ3) is 3.44. The smallest absolute Gasteiger partial charge is 0.278 e. The Morgan fingerprint density at radius 2 is 2.00 bits per heavy atom. The van der Waals surface area contributed by atoms with Gasteiger partial charge < -0.3 is 0 Å². The number of pyridine rings is 1. The first-order valence-corrected chi connectivity index (χ1v) is 7.21. The largest absolute Gasteiger partial charge is 0.300 e. The van der Waals surface area contributed by atoms with Crippen LogP contribution in [0.15, 0.2) is 6.20 Å². The fourth-order valence-electron chi connectivity index (χ4n) is 2.94. The van der Waals surface area contributed by atoms with E-state index in [-0.39, 0.29) is 10.6 Å². The highest BCUT2D eigenvalue weighted by Crippen LogP contribution is 2.26. The molecule has 1 heterocycles. The Bertz CT molecular complexity index is 562. The van der Waals surface area contributed by atoms with Gasteiger partial charge in [-0.2, -0.15) is 0 Å². The molecule has 0 aliphatic heterocycles. The SMILES string of the molecule is Cc1cnc(CN(C)C2CCC(=O)CC2)c(C)c1[N+](=O)[O-]. The van der Waals surface area contributed by atoms with Crippen LogP contribution in [0.3, 0.4) is 0 Å². The van der Waals surface area contributed by atoms with E-state index in [4.69, 9.17) is 0 Å². The molecular formula is C15H21N3O3. The van der Waals surface area contributed by atoms with Crippen LogP contribution in [-0.2, 0) is 11.3 Å². The summed E-state index contributed by atoms with van der Waals surface area (Å²) >= 11 is 0. The number of carbonyl (C=O) groups excluding carboxylic acids is 1. The van der Waals surface area contributed by atoms with E-state index in [1.807, 2.05) is 7.05 Å². The van der Waals surface area contributed by atoms with Crippen molar-refractivity contribution in [3.05, 3.63) is 33.1 Å². The van der Waals surface area contributed by atoms with Crippen LogP contribution in [-0.4, -0.2) is 33.7 Å². The molecule has 0 bridgehead atoms. The Morgan fingerprint density at radius 1 is 1.38 bits per heavy atom. The molecular weight excluding hydrogens is 270 g/mol. The minimum atomic E-state index is -0.338. The Morgan fingerprint density at radius 3 is 2.57 bits per heavy atom. The van der Waals surface area contributed by atoms with Crippen LogP contribution in [0.5, 0.6) is 0 Å². The van der Waals surface area contributed by atoms with Crippen molar-refractivity contribution in [1.29, 1.82) is 0 Å². The molecule has 1 fully saturated rings. The molecule has 0 saturated heterocycles. The van der Waals surface area contributed by atoms with E-state index >= 15 is 0 Å². The number of aromatic nitrogens is 1.